The van der Waals surface area contributed by atoms with Gasteiger partial charge in [-0.3, -0.25) is 14.4 Å². The van der Waals surface area contributed by atoms with Crippen molar-refractivity contribution in [3.05, 3.63) is 77.9 Å². The topological polar surface area (TPSA) is 87.3 Å². The van der Waals surface area contributed by atoms with Gasteiger partial charge in [0.25, 0.3) is 0 Å². The predicted molar refractivity (Wildman–Crippen MR) is 118 cm³/mol. The summed E-state index contributed by atoms with van der Waals surface area (Å²) in [6, 6.07) is 20.8. The van der Waals surface area contributed by atoms with E-state index in [1.165, 1.54) is 6.92 Å². The minimum absolute atomic E-state index is 0.0979. The first-order chi connectivity index (χ1) is 14.4. The highest BCUT2D eigenvalue weighted by molar-refractivity contribution is 5.91. The molecule has 0 bridgehead atoms. The molecule has 0 spiro atoms. The van der Waals surface area contributed by atoms with E-state index in [-0.39, 0.29) is 36.7 Å². The Hall–Kier alpha value is -3.67. The molecule has 6 heteroatoms. The Bertz CT molecular complexity index is 1070. The molecular weight excluding hydrogens is 378 g/mol. The Morgan fingerprint density at radius 1 is 0.900 bits per heavy atom. The van der Waals surface area contributed by atoms with Crippen LogP contribution in [0.5, 0.6) is 0 Å². The SMILES string of the molecule is CC(=O)Nc1cccc(C(C)NC(=O)CNC(=O)Cc2cccc3ccccc23)c1. The summed E-state index contributed by atoms with van der Waals surface area (Å²) >= 11 is 0. The largest absolute Gasteiger partial charge is 0.348 e. The van der Waals surface area contributed by atoms with Gasteiger partial charge >= 0.3 is 0 Å². The van der Waals surface area contributed by atoms with Crippen molar-refractivity contribution in [2.75, 3.05) is 11.9 Å². The highest BCUT2D eigenvalue weighted by Crippen LogP contribution is 2.19. The molecule has 3 aromatic rings. The minimum atomic E-state index is -0.279. The molecule has 0 aromatic heterocycles. The molecule has 0 saturated heterocycles. The normalized spacial score (nSPS) is 11.5. The monoisotopic (exact) mass is 403 g/mol. The molecule has 3 aromatic carbocycles. The smallest absolute Gasteiger partial charge is 0.239 e. The summed E-state index contributed by atoms with van der Waals surface area (Å²) in [6.07, 6.45) is 0.211. The van der Waals surface area contributed by atoms with Gasteiger partial charge < -0.3 is 16.0 Å². The molecule has 0 aliphatic rings. The van der Waals surface area contributed by atoms with Crippen LogP contribution in [0.4, 0.5) is 5.69 Å². The van der Waals surface area contributed by atoms with Gasteiger partial charge in [0.2, 0.25) is 17.7 Å². The number of carbonyl (C=O) groups excluding carboxylic acids is 3. The van der Waals surface area contributed by atoms with Gasteiger partial charge in [-0.15, -0.1) is 0 Å². The molecule has 6 nitrogen and oxygen atoms in total. The first-order valence-electron chi connectivity index (χ1n) is 9.82. The highest BCUT2D eigenvalue weighted by atomic mass is 16.2. The fourth-order valence-electron chi connectivity index (χ4n) is 3.33. The average molecular weight is 403 g/mol. The molecule has 0 aliphatic heterocycles. The summed E-state index contributed by atoms with van der Waals surface area (Å²) in [5.74, 6) is -0.641. The van der Waals surface area contributed by atoms with Crippen LogP contribution in [-0.2, 0) is 20.8 Å². The molecule has 154 valence electrons. The average Bonchev–Trinajstić information content (AvgIpc) is 2.72. The first kappa shape index (κ1) is 21.0. The van der Waals surface area contributed by atoms with Crippen molar-refractivity contribution in [2.24, 2.45) is 0 Å². The Labute approximate surface area is 175 Å². The number of carbonyl (C=O) groups is 3. The van der Waals surface area contributed by atoms with Gasteiger partial charge in [-0.1, -0.05) is 54.6 Å². The van der Waals surface area contributed by atoms with Crippen molar-refractivity contribution in [1.29, 1.82) is 0 Å². The second-order valence-electron chi connectivity index (χ2n) is 7.19. The van der Waals surface area contributed by atoms with E-state index in [1.54, 1.807) is 6.07 Å². The lowest BCUT2D eigenvalue weighted by Crippen LogP contribution is -2.38. The summed E-state index contributed by atoms with van der Waals surface area (Å²) in [4.78, 5) is 35.8. The molecule has 3 N–H and O–H groups in total. The molecule has 0 radical (unpaired) electrons. The second kappa shape index (κ2) is 9.69. The van der Waals surface area contributed by atoms with E-state index < -0.39 is 0 Å². The second-order valence-corrected chi connectivity index (χ2v) is 7.19. The van der Waals surface area contributed by atoms with Crippen molar-refractivity contribution in [2.45, 2.75) is 26.3 Å². The molecule has 0 heterocycles. The van der Waals surface area contributed by atoms with E-state index in [0.717, 1.165) is 21.9 Å². The van der Waals surface area contributed by atoms with Crippen LogP contribution in [0.25, 0.3) is 10.8 Å². The van der Waals surface area contributed by atoms with Gasteiger partial charge in [0.1, 0.15) is 0 Å². The molecule has 1 unspecified atom stereocenters. The third kappa shape index (κ3) is 5.67. The number of rotatable bonds is 7. The number of anilines is 1. The van der Waals surface area contributed by atoms with Gasteiger partial charge in [0.05, 0.1) is 19.0 Å². The molecule has 1 atom stereocenters. The van der Waals surface area contributed by atoms with E-state index >= 15 is 0 Å². The van der Waals surface area contributed by atoms with Crippen molar-refractivity contribution in [1.82, 2.24) is 10.6 Å². The maximum atomic E-state index is 12.3. The fraction of sp³-hybridized carbons (Fsp3) is 0.208. The third-order valence-electron chi connectivity index (χ3n) is 4.76. The third-order valence-corrected chi connectivity index (χ3v) is 4.76. The summed E-state index contributed by atoms with van der Waals surface area (Å²) in [5.41, 5.74) is 2.45. The van der Waals surface area contributed by atoms with E-state index in [4.69, 9.17) is 0 Å². The van der Waals surface area contributed by atoms with Crippen LogP contribution >= 0.6 is 0 Å². The van der Waals surface area contributed by atoms with Gasteiger partial charge in [-0.05, 0) is 41.0 Å². The lowest BCUT2D eigenvalue weighted by Gasteiger charge is -2.16. The van der Waals surface area contributed by atoms with Crippen LogP contribution in [0.3, 0.4) is 0 Å². The number of fused-ring (bicyclic) bond motifs is 1. The van der Waals surface area contributed by atoms with Gasteiger partial charge in [-0.25, -0.2) is 0 Å². The van der Waals surface area contributed by atoms with Crippen LogP contribution in [0.15, 0.2) is 66.7 Å². The number of hydrogen-bond acceptors (Lipinski definition) is 3. The summed E-state index contributed by atoms with van der Waals surface area (Å²) in [6.45, 7) is 3.20. The van der Waals surface area contributed by atoms with Crippen LogP contribution in [0.1, 0.15) is 31.0 Å². The Morgan fingerprint density at radius 3 is 2.43 bits per heavy atom. The summed E-state index contributed by atoms with van der Waals surface area (Å²) in [5, 5.41) is 10.4. The van der Waals surface area contributed by atoms with Crippen molar-refractivity contribution < 1.29 is 14.4 Å². The van der Waals surface area contributed by atoms with Crippen LogP contribution in [0, 0.1) is 0 Å². The van der Waals surface area contributed by atoms with Gasteiger partial charge in [0.15, 0.2) is 0 Å². The highest BCUT2D eigenvalue weighted by Gasteiger charge is 2.12. The molecule has 0 fully saturated rings. The van der Waals surface area contributed by atoms with Crippen LogP contribution < -0.4 is 16.0 Å². The zero-order valence-electron chi connectivity index (χ0n) is 17.1. The Balaban J connectivity index is 1.52. The van der Waals surface area contributed by atoms with Gasteiger partial charge in [0, 0.05) is 12.6 Å². The van der Waals surface area contributed by atoms with Crippen molar-refractivity contribution in [3.63, 3.8) is 0 Å². The molecule has 30 heavy (non-hydrogen) atoms. The number of amides is 3. The van der Waals surface area contributed by atoms with E-state index in [9.17, 15) is 14.4 Å². The van der Waals surface area contributed by atoms with E-state index in [0.29, 0.717) is 5.69 Å². The zero-order valence-corrected chi connectivity index (χ0v) is 17.1. The maximum absolute atomic E-state index is 12.3. The van der Waals surface area contributed by atoms with E-state index in [1.807, 2.05) is 67.6 Å². The van der Waals surface area contributed by atoms with E-state index in [2.05, 4.69) is 16.0 Å². The Morgan fingerprint density at radius 2 is 1.63 bits per heavy atom. The summed E-state index contributed by atoms with van der Waals surface area (Å²) in [7, 11) is 0. The predicted octanol–water partition coefficient (Wildman–Crippen LogP) is 3.33. The van der Waals surface area contributed by atoms with Crippen molar-refractivity contribution in [3.8, 4) is 0 Å². The molecule has 0 aliphatic carbocycles. The first-order valence-corrected chi connectivity index (χ1v) is 9.82. The van der Waals surface area contributed by atoms with Crippen LogP contribution in [0.2, 0.25) is 0 Å². The molecule has 3 amide bonds. The van der Waals surface area contributed by atoms with Crippen molar-refractivity contribution >= 4 is 34.2 Å². The lowest BCUT2D eigenvalue weighted by atomic mass is 10.0. The zero-order chi connectivity index (χ0) is 21.5. The molecule has 0 saturated carbocycles. The standard InChI is InChI=1S/C24H25N3O3/c1-16(19-9-6-11-21(13-19)27-17(2)28)26-24(30)15-25-23(29)14-20-10-5-8-18-7-3-4-12-22(18)20/h3-13,16H,14-15H2,1-2H3,(H,25,29)(H,26,30)(H,27,28). The number of hydrogen-bond donors (Lipinski definition) is 3. The molecular formula is C24H25N3O3. The minimum Gasteiger partial charge on any atom is -0.348 e. The Kier molecular flexibility index (Phi) is 6.80. The number of benzene rings is 3. The fourth-order valence-corrected chi connectivity index (χ4v) is 3.33. The maximum Gasteiger partial charge on any atom is 0.239 e. The van der Waals surface area contributed by atoms with Crippen LogP contribution in [-0.4, -0.2) is 24.3 Å². The molecule has 3 rings (SSSR count). The lowest BCUT2D eigenvalue weighted by molar-refractivity contribution is -0.126. The number of nitrogens with one attached hydrogen (secondary N) is 3. The summed E-state index contributed by atoms with van der Waals surface area (Å²) < 4.78 is 0. The van der Waals surface area contributed by atoms with Gasteiger partial charge in [-0.2, -0.15) is 0 Å². The quantitative estimate of drug-likeness (QED) is 0.565.